The van der Waals surface area contributed by atoms with E-state index in [0.29, 0.717) is 0 Å². The van der Waals surface area contributed by atoms with Crippen LogP contribution >= 0.6 is 0 Å². The van der Waals surface area contributed by atoms with Crippen LogP contribution in [0.4, 0.5) is 57.1 Å². The second-order valence-corrected chi connectivity index (χ2v) is 3.58. The SMILES string of the molecule is C=COC(F)(F)C(F)(F)C(F)(F)OC(F)(F)C(F)(F)C(F)(F)F. The van der Waals surface area contributed by atoms with Gasteiger partial charge in [-0.3, -0.25) is 0 Å². The van der Waals surface area contributed by atoms with E-state index in [1.165, 1.54) is 4.74 Å². The Morgan fingerprint density at radius 2 is 0.913 bits per heavy atom. The molecule has 0 aromatic rings. The summed E-state index contributed by atoms with van der Waals surface area (Å²) in [6.45, 7) is 2.25. The predicted molar refractivity (Wildman–Crippen MR) is 43.2 cm³/mol. The maximum atomic E-state index is 12.7. The van der Waals surface area contributed by atoms with Gasteiger partial charge >= 0.3 is 36.3 Å². The molecule has 0 saturated heterocycles. The third-order valence-corrected chi connectivity index (χ3v) is 1.94. The topological polar surface area (TPSA) is 18.5 Å². The summed E-state index contributed by atoms with van der Waals surface area (Å²) in [6.07, 6.45) is -28.6. The largest absolute Gasteiger partial charge is 0.473 e. The smallest absolute Gasteiger partial charge is 0.436 e. The maximum absolute atomic E-state index is 12.7. The Morgan fingerprint density at radius 3 is 1.22 bits per heavy atom. The molecule has 0 saturated carbocycles. The van der Waals surface area contributed by atoms with Crippen molar-refractivity contribution in [3.8, 4) is 0 Å². The van der Waals surface area contributed by atoms with E-state index in [1.54, 1.807) is 0 Å². The summed E-state index contributed by atoms with van der Waals surface area (Å²) in [6, 6.07) is 0. The standard InChI is InChI=1S/C8H3F13O2/c1-2-22-6(16,17)4(11,12)8(20,21)23-7(18,19)3(9,10)5(13,14)15/h2H,1H2. The van der Waals surface area contributed by atoms with Gasteiger partial charge in [0.15, 0.2) is 0 Å². The van der Waals surface area contributed by atoms with Gasteiger partial charge < -0.3 is 4.74 Å². The van der Waals surface area contributed by atoms with Crippen LogP contribution in [0.2, 0.25) is 0 Å². The van der Waals surface area contributed by atoms with Crippen molar-refractivity contribution in [2.24, 2.45) is 0 Å². The van der Waals surface area contributed by atoms with E-state index in [-0.39, 0.29) is 0 Å². The second kappa shape index (κ2) is 5.59. The van der Waals surface area contributed by atoms with Gasteiger partial charge in [0.2, 0.25) is 0 Å². The molecule has 0 unspecified atom stereocenters. The predicted octanol–water partition coefficient (Wildman–Crippen LogP) is 4.77. The number of hydrogen-bond acceptors (Lipinski definition) is 2. The zero-order valence-corrected chi connectivity index (χ0v) is 10.0. The van der Waals surface area contributed by atoms with E-state index in [2.05, 4.69) is 11.3 Å². The molecule has 0 heterocycles. The van der Waals surface area contributed by atoms with Gasteiger partial charge in [0.05, 0.1) is 6.26 Å². The molecule has 0 rings (SSSR count). The third-order valence-electron chi connectivity index (χ3n) is 1.94. The zero-order valence-electron chi connectivity index (χ0n) is 10.0. The third kappa shape index (κ3) is 3.58. The molecule has 23 heavy (non-hydrogen) atoms. The minimum Gasteiger partial charge on any atom is -0.436 e. The molecule has 15 heteroatoms. The summed E-state index contributed by atoms with van der Waals surface area (Å²) < 4.78 is 164. The van der Waals surface area contributed by atoms with Crippen molar-refractivity contribution in [1.29, 1.82) is 0 Å². The van der Waals surface area contributed by atoms with Crippen LogP contribution in [-0.2, 0) is 9.47 Å². The summed E-state index contributed by atoms with van der Waals surface area (Å²) in [5.74, 6) is -14.5. The number of alkyl halides is 13. The van der Waals surface area contributed by atoms with E-state index in [4.69, 9.17) is 0 Å². The molecular formula is C8H3F13O2. The van der Waals surface area contributed by atoms with Crippen LogP contribution in [0.15, 0.2) is 12.8 Å². The molecule has 2 nitrogen and oxygen atoms in total. The Hall–Kier alpha value is -1.41. The van der Waals surface area contributed by atoms with Gasteiger partial charge in [0.1, 0.15) is 0 Å². The molecule has 0 radical (unpaired) electrons. The lowest BCUT2D eigenvalue weighted by Crippen LogP contribution is -2.62. The van der Waals surface area contributed by atoms with E-state index in [1.807, 2.05) is 0 Å². The van der Waals surface area contributed by atoms with Crippen molar-refractivity contribution in [2.75, 3.05) is 0 Å². The summed E-state index contributed by atoms with van der Waals surface area (Å²) in [5, 5.41) is 0. The van der Waals surface area contributed by atoms with Crippen molar-refractivity contribution in [1.82, 2.24) is 0 Å². The van der Waals surface area contributed by atoms with Crippen molar-refractivity contribution >= 4 is 0 Å². The average Bonchev–Trinajstić information content (AvgIpc) is 2.24. The van der Waals surface area contributed by atoms with E-state index in [0.717, 1.165) is 0 Å². The number of ether oxygens (including phenoxy) is 2. The fourth-order valence-corrected chi connectivity index (χ4v) is 0.802. The summed E-state index contributed by atoms with van der Waals surface area (Å²) in [7, 11) is 0. The normalized spacial score (nSPS) is 15.5. The maximum Gasteiger partial charge on any atom is 0.473 e. The first-order valence-corrected chi connectivity index (χ1v) is 4.71. The number of rotatable bonds is 7. The molecule has 0 spiro atoms. The quantitative estimate of drug-likeness (QED) is 0.469. The Labute approximate surface area is 117 Å². The van der Waals surface area contributed by atoms with Gasteiger partial charge in [-0.15, -0.1) is 0 Å². The van der Waals surface area contributed by atoms with Gasteiger partial charge in [-0.1, -0.05) is 6.58 Å². The van der Waals surface area contributed by atoms with Crippen molar-refractivity contribution in [3.05, 3.63) is 12.8 Å². The first kappa shape index (κ1) is 21.6. The molecule has 138 valence electrons. The number of hydrogen-bond donors (Lipinski definition) is 0. The summed E-state index contributed by atoms with van der Waals surface area (Å²) in [4.78, 5) is 0. The monoisotopic (exact) mass is 378 g/mol. The molecule has 0 aromatic heterocycles. The fourth-order valence-electron chi connectivity index (χ4n) is 0.802. The van der Waals surface area contributed by atoms with Gasteiger partial charge in [0, 0.05) is 0 Å². The van der Waals surface area contributed by atoms with Crippen LogP contribution in [0.25, 0.3) is 0 Å². The van der Waals surface area contributed by atoms with Crippen LogP contribution < -0.4 is 0 Å². The first-order chi connectivity index (χ1) is 9.77. The Balaban J connectivity index is 5.76. The minimum absolute atomic E-state index is 0.549. The zero-order chi connectivity index (χ0) is 19.1. The molecule has 0 aliphatic heterocycles. The number of halogens is 13. The Bertz CT molecular complexity index is 438. The molecule has 0 atom stereocenters. The lowest BCUT2D eigenvalue weighted by Gasteiger charge is -2.35. The van der Waals surface area contributed by atoms with Crippen LogP contribution in [0, 0.1) is 0 Å². The molecule has 0 N–H and O–H groups in total. The second-order valence-electron chi connectivity index (χ2n) is 3.58. The van der Waals surface area contributed by atoms with Gasteiger partial charge in [-0.25, -0.2) is 4.74 Å². The molecule has 0 amide bonds. The lowest BCUT2D eigenvalue weighted by molar-refractivity contribution is -0.520. The van der Waals surface area contributed by atoms with Crippen molar-refractivity contribution in [2.45, 2.75) is 36.3 Å². The molecule has 0 aliphatic carbocycles. The van der Waals surface area contributed by atoms with Crippen molar-refractivity contribution < 1.29 is 66.5 Å². The van der Waals surface area contributed by atoms with Gasteiger partial charge in [-0.05, 0) is 0 Å². The van der Waals surface area contributed by atoms with Crippen LogP contribution in [0.3, 0.4) is 0 Å². The van der Waals surface area contributed by atoms with Crippen molar-refractivity contribution in [3.63, 3.8) is 0 Å². The Kier molecular flexibility index (Phi) is 5.25. The lowest BCUT2D eigenvalue weighted by atomic mass is 10.2. The van der Waals surface area contributed by atoms with Crippen LogP contribution in [-0.4, -0.2) is 36.3 Å². The minimum atomic E-state index is -7.39. The molecule has 0 bridgehead atoms. The molecule has 0 aromatic carbocycles. The Morgan fingerprint density at radius 1 is 0.565 bits per heavy atom. The molecule has 0 aliphatic rings. The van der Waals surface area contributed by atoms with E-state index in [9.17, 15) is 57.1 Å². The average molecular weight is 378 g/mol. The van der Waals surface area contributed by atoms with Crippen LogP contribution in [0.1, 0.15) is 0 Å². The highest BCUT2D eigenvalue weighted by atomic mass is 19.4. The van der Waals surface area contributed by atoms with Crippen LogP contribution in [0.5, 0.6) is 0 Å². The highest BCUT2D eigenvalue weighted by Gasteiger charge is 2.82. The van der Waals surface area contributed by atoms with E-state index >= 15 is 0 Å². The summed E-state index contributed by atoms with van der Waals surface area (Å²) >= 11 is 0. The van der Waals surface area contributed by atoms with Gasteiger partial charge in [-0.2, -0.15) is 57.1 Å². The van der Waals surface area contributed by atoms with Gasteiger partial charge in [0.25, 0.3) is 0 Å². The molecule has 0 fully saturated rings. The summed E-state index contributed by atoms with van der Waals surface area (Å²) in [5.41, 5.74) is 0. The first-order valence-electron chi connectivity index (χ1n) is 4.71. The fraction of sp³-hybridized carbons (Fsp3) is 0.750. The van der Waals surface area contributed by atoms with E-state index < -0.39 is 42.6 Å². The highest BCUT2D eigenvalue weighted by Crippen LogP contribution is 2.53. The highest BCUT2D eigenvalue weighted by molar-refractivity contribution is 4.91. The molecular weight excluding hydrogens is 375 g/mol.